The van der Waals surface area contributed by atoms with Crippen LogP contribution in [0.3, 0.4) is 0 Å². The third-order valence-corrected chi connectivity index (χ3v) is 1.50. The van der Waals surface area contributed by atoms with Crippen LogP contribution in [0.15, 0.2) is 18.5 Å². The molecule has 0 unspecified atom stereocenters. The Balaban J connectivity index is 2.68. The van der Waals surface area contributed by atoms with Crippen LogP contribution in [0, 0.1) is 0 Å². The zero-order chi connectivity index (χ0) is 9.68. The molecule has 0 radical (unpaired) electrons. The maximum atomic E-state index is 11.3. The second-order valence-electron chi connectivity index (χ2n) is 2.56. The Kier molecular flexibility index (Phi) is 3.33. The quantitative estimate of drug-likeness (QED) is 0.417. The highest BCUT2D eigenvalue weighted by molar-refractivity contribution is 5.90. The lowest BCUT2D eigenvalue weighted by Gasteiger charge is -2.12. The van der Waals surface area contributed by atoms with Gasteiger partial charge in [-0.05, 0) is 12.5 Å². The van der Waals surface area contributed by atoms with E-state index in [1.165, 1.54) is 0 Å². The van der Waals surface area contributed by atoms with Crippen molar-refractivity contribution in [3.63, 3.8) is 0 Å². The number of anilines is 1. The highest BCUT2D eigenvalue weighted by atomic mass is 16.2. The molecule has 5 heteroatoms. The Morgan fingerprint density at radius 2 is 2.15 bits per heavy atom. The fraction of sp³-hybridized carbons (Fsp3) is 0.375. The third kappa shape index (κ3) is 2.48. The van der Waals surface area contributed by atoms with Gasteiger partial charge >= 0.3 is 0 Å². The lowest BCUT2D eigenvalue weighted by molar-refractivity contribution is -0.118. The van der Waals surface area contributed by atoms with Crippen LogP contribution in [0.25, 0.3) is 0 Å². The Morgan fingerprint density at radius 1 is 1.54 bits per heavy atom. The highest BCUT2D eigenvalue weighted by Crippen LogP contribution is 2.02. The van der Waals surface area contributed by atoms with Crippen LogP contribution in [-0.4, -0.2) is 15.9 Å². The predicted molar refractivity (Wildman–Crippen MR) is 48.6 cm³/mol. The summed E-state index contributed by atoms with van der Waals surface area (Å²) in [6, 6.07) is 1.67. The summed E-state index contributed by atoms with van der Waals surface area (Å²) in [5.74, 6) is 5.55. The largest absolute Gasteiger partial charge is 0.273 e. The van der Waals surface area contributed by atoms with Gasteiger partial charge in [0, 0.05) is 18.8 Å². The lowest BCUT2D eigenvalue weighted by atomic mass is 10.3. The van der Waals surface area contributed by atoms with E-state index in [9.17, 15) is 4.79 Å². The summed E-state index contributed by atoms with van der Waals surface area (Å²) in [5.41, 5.74) is 0. The number of hydrogen-bond acceptors (Lipinski definition) is 4. The number of carbonyl (C=O) groups is 1. The van der Waals surface area contributed by atoms with Gasteiger partial charge in [-0.15, -0.1) is 0 Å². The molecule has 0 aliphatic carbocycles. The van der Waals surface area contributed by atoms with Crippen LogP contribution in [0.1, 0.15) is 19.8 Å². The molecule has 2 N–H and O–H groups in total. The van der Waals surface area contributed by atoms with Gasteiger partial charge in [0.2, 0.25) is 11.9 Å². The van der Waals surface area contributed by atoms with Gasteiger partial charge < -0.3 is 0 Å². The first kappa shape index (κ1) is 9.60. The van der Waals surface area contributed by atoms with Gasteiger partial charge in [0.15, 0.2) is 0 Å². The molecule has 1 heterocycles. The maximum Gasteiger partial charge on any atom is 0.246 e. The average Bonchev–Trinajstić information content (AvgIpc) is 2.18. The van der Waals surface area contributed by atoms with Gasteiger partial charge in [-0.1, -0.05) is 6.92 Å². The summed E-state index contributed by atoms with van der Waals surface area (Å²) in [4.78, 5) is 19.0. The molecule has 0 bridgehead atoms. The predicted octanol–water partition coefficient (Wildman–Crippen LogP) is 0.483. The van der Waals surface area contributed by atoms with Gasteiger partial charge in [0.1, 0.15) is 0 Å². The second kappa shape index (κ2) is 4.51. The average molecular weight is 180 g/mol. The van der Waals surface area contributed by atoms with E-state index in [2.05, 4.69) is 9.97 Å². The molecule has 0 spiro atoms. The third-order valence-electron chi connectivity index (χ3n) is 1.50. The minimum Gasteiger partial charge on any atom is -0.273 e. The van der Waals surface area contributed by atoms with E-state index in [-0.39, 0.29) is 11.9 Å². The van der Waals surface area contributed by atoms with Crippen molar-refractivity contribution in [3.05, 3.63) is 18.5 Å². The fourth-order valence-corrected chi connectivity index (χ4v) is 0.861. The summed E-state index contributed by atoms with van der Waals surface area (Å²) in [5, 5.41) is 0.976. The van der Waals surface area contributed by atoms with Crippen molar-refractivity contribution in [1.82, 2.24) is 9.97 Å². The Morgan fingerprint density at radius 3 is 2.69 bits per heavy atom. The van der Waals surface area contributed by atoms with Gasteiger partial charge in [-0.25, -0.2) is 20.8 Å². The van der Waals surface area contributed by atoms with Crippen molar-refractivity contribution in [2.24, 2.45) is 5.84 Å². The second-order valence-corrected chi connectivity index (χ2v) is 2.56. The van der Waals surface area contributed by atoms with E-state index >= 15 is 0 Å². The summed E-state index contributed by atoms with van der Waals surface area (Å²) < 4.78 is 0. The van der Waals surface area contributed by atoms with Gasteiger partial charge in [0.05, 0.1) is 0 Å². The van der Waals surface area contributed by atoms with E-state index < -0.39 is 0 Å². The zero-order valence-corrected chi connectivity index (χ0v) is 7.47. The SMILES string of the molecule is CCCC(=O)N(N)c1ncccn1. The molecule has 0 aliphatic rings. The first-order valence-electron chi connectivity index (χ1n) is 4.10. The van der Waals surface area contributed by atoms with Crippen molar-refractivity contribution in [2.75, 3.05) is 5.01 Å². The van der Waals surface area contributed by atoms with E-state index in [0.29, 0.717) is 6.42 Å². The van der Waals surface area contributed by atoms with Crippen molar-refractivity contribution >= 4 is 11.9 Å². The molecule has 5 nitrogen and oxygen atoms in total. The molecule has 0 saturated carbocycles. The van der Waals surface area contributed by atoms with Crippen LogP contribution in [-0.2, 0) is 4.79 Å². The smallest absolute Gasteiger partial charge is 0.246 e. The normalized spacial score (nSPS) is 9.69. The number of hydrazine groups is 1. The number of hydrogen-bond donors (Lipinski definition) is 1. The lowest BCUT2D eigenvalue weighted by Crippen LogP contribution is -2.38. The number of rotatable bonds is 3. The molecule has 1 aromatic rings. The molecule has 0 aromatic carbocycles. The van der Waals surface area contributed by atoms with Crippen LogP contribution < -0.4 is 10.9 Å². The van der Waals surface area contributed by atoms with E-state index in [0.717, 1.165) is 11.4 Å². The molecular formula is C8H12N4O. The van der Waals surface area contributed by atoms with Crippen LogP contribution in [0.5, 0.6) is 0 Å². The van der Waals surface area contributed by atoms with Gasteiger partial charge in [0.25, 0.3) is 0 Å². The number of carbonyl (C=O) groups excluding carboxylic acids is 1. The summed E-state index contributed by atoms with van der Waals surface area (Å²) in [6.45, 7) is 1.91. The van der Waals surface area contributed by atoms with Crippen LogP contribution in [0.2, 0.25) is 0 Å². The monoisotopic (exact) mass is 180 g/mol. The molecule has 0 fully saturated rings. The topological polar surface area (TPSA) is 72.1 Å². The molecule has 0 aliphatic heterocycles. The first-order valence-corrected chi connectivity index (χ1v) is 4.10. The summed E-state index contributed by atoms with van der Waals surface area (Å²) in [7, 11) is 0. The number of nitrogens with two attached hydrogens (primary N) is 1. The molecule has 13 heavy (non-hydrogen) atoms. The Bertz CT molecular complexity index is 275. The van der Waals surface area contributed by atoms with Crippen molar-refractivity contribution in [1.29, 1.82) is 0 Å². The van der Waals surface area contributed by atoms with Gasteiger partial charge in [-0.3, -0.25) is 4.79 Å². The van der Waals surface area contributed by atoms with Crippen molar-refractivity contribution < 1.29 is 4.79 Å². The molecule has 0 atom stereocenters. The van der Waals surface area contributed by atoms with Crippen LogP contribution >= 0.6 is 0 Å². The first-order chi connectivity index (χ1) is 6.25. The molecule has 1 rings (SSSR count). The van der Waals surface area contributed by atoms with Crippen LogP contribution in [0.4, 0.5) is 5.95 Å². The molecule has 1 amide bonds. The Hall–Kier alpha value is -1.49. The highest BCUT2D eigenvalue weighted by Gasteiger charge is 2.11. The van der Waals surface area contributed by atoms with Crippen molar-refractivity contribution in [3.8, 4) is 0 Å². The Labute approximate surface area is 76.6 Å². The molecular weight excluding hydrogens is 168 g/mol. The fourth-order valence-electron chi connectivity index (χ4n) is 0.861. The van der Waals surface area contributed by atoms with E-state index in [4.69, 9.17) is 5.84 Å². The van der Waals surface area contributed by atoms with E-state index in [1.54, 1.807) is 18.5 Å². The maximum absolute atomic E-state index is 11.3. The minimum atomic E-state index is -0.172. The number of aromatic nitrogens is 2. The standard InChI is InChI=1S/C8H12N4O/c1-2-4-7(13)12(9)8-10-5-3-6-11-8/h3,5-6H,2,4,9H2,1H3. The van der Waals surface area contributed by atoms with Crippen molar-refractivity contribution in [2.45, 2.75) is 19.8 Å². The number of nitrogens with zero attached hydrogens (tertiary/aromatic N) is 3. The summed E-state index contributed by atoms with van der Waals surface area (Å²) >= 11 is 0. The molecule has 0 saturated heterocycles. The molecule has 70 valence electrons. The zero-order valence-electron chi connectivity index (χ0n) is 7.47. The van der Waals surface area contributed by atoms with E-state index in [1.807, 2.05) is 6.92 Å². The van der Waals surface area contributed by atoms with Gasteiger partial charge in [-0.2, -0.15) is 0 Å². The molecule has 1 aromatic heterocycles. The minimum absolute atomic E-state index is 0.172. The number of amides is 1. The summed E-state index contributed by atoms with van der Waals surface area (Å²) in [6.07, 6.45) is 4.26.